The summed E-state index contributed by atoms with van der Waals surface area (Å²) in [5, 5.41) is 29.6. The van der Waals surface area contributed by atoms with Crippen LogP contribution >= 0.6 is 31.9 Å². The van der Waals surface area contributed by atoms with E-state index in [4.69, 9.17) is 14.2 Å². The first-order valence-electron chi connectivity index (χ1n) is 11.0. The summed E-state index contributed by atoms with van der Waals surface area (Å²) in [5.41, 5.74) is 4.18. The summed E-state index contributed by atoms with van der Waals surface area (Å²) in [5.74, 6) is 0.122. The number of benzene rings is 2. The van der Waals surface area contributed by atoms with Crippen LogP contribution in [0.25, 0.3) is 0 Å². The Kier molecular flexibility index (Phi) is 9.78. The Morgan fingerprint density at radius 1 is 1.24 bits per heavy atom. The molecule has 13 heteroatoms. The minimum Gasteiger partial charge on any atom is -0.506 e. The number of hydrogen-bond acceptors (Lipinski definition) is 9. The van der Waals surface area contributed by atoms with Gasteiger partial charge in [-0.25, -0.2) is 9.59 Å². The first-order chi connectivity index (χ1) is 17.6. The fraction of sp³-hybridized carbons (Fsp3) is 0.292. The van der Waals surface area contributed by atoms with Crippen LogP contribution in [0.3, 0.4) is 0 Å². The van der Waals surface area contributed by atoms with Crippen molar-refractivity contribution in [1.29, 1.82) is 0 Å². The summed E-state index contributed by atoms with van der Waals surface area (Å²) >= 11 is 6.58. The van der Waals surface area contributed by atoms with Crippen molar-refractivity contribution in [3.63, 3.8) is 0 Å². The topological polar surface area (TPSA) is 151 Å². The molecule has 2 amide bonds. The first kappa shape index (κ1) is 28.3. The molecule has 0 unspecified atom stereocenters. The van der Waals surface area contributed by atoms with Gasteiger partial charge in [0.15, 0.2) is 17.7 Å². The highest BCUT2D eigenvalue weighted by Gasteiger charge is 2.32. The maximum atomic E-state index is 12.4. The Morgan fingerprint density at radius 3 is 2.70 bits per heavy atom. The molecule has 0 spiro atoms. The molecule has 1 aliphatic heterocycles. The van der Waals surface area contributed by atoms with Gasteiger partial charge in [0.25, 0.3) is 0 Å². The molecule has 2 aromatic carbocycles. The molecule has 2 aromatic rings. The minimum atomic E-state index is -1.18. The number of phenolic OH excluding ortho intramolecular Hbond substituents is 1. The molecule has 0 aromatic heterocycles. The number of aromatic hydroxyl groups is 1. The number of urea groups is 1. The smallest absolute Gasteiger partial charge is 0.337 e. The summed E-state index contributed by atoms with van der Waals surface area (Å²) in [4.78, 5) is 24.4. The number of methoxy groups -OCH3 is 1. The molecule has 0 fully saturated rings. The lowest BCUT2D eigenvalue weighted by Crippen LogP contribution is -2.45. The number of halogens is 2. The van der Waals surface area contributed by atoms with Crippen LogP contribution in [0, 0.1) is 0 Å². The summed E-state index contributed by atoms with van der Waals surface area (Å²) in [6.45, 7) is 3.56. The summed E-state index contributed by atoms with van der Waals surface area (Å²) in [7, 11) is 1.27. The van der Waals surface area contributed by atoms with Gasteiger partial charge in [-0.15, -0.1) is 0 Å². The van der Waals surface area contributed by atoms with Gasteiger partial charge in [-0.1, -0.05) is 22.0 Å². The third-order valence-electron chi connectivity index (χ3n) is 5.16. The number of aliphatic hydroxyl groups excluding tert-OH is 1. The lowest BCUT2D eigenvalue weighted by molar-refractivity contribution is -0.136. The molecule has 0 aliphatic carbocycles. The largest absolute Gasteiger partial charge is 0.506 e. The van der Waals surface area contributed by atoms with Gasteiger partial charge in [0, 0.05) is 15.7 Å². The zero-order valence-corrected chi connectivity index (χ0v) is 23.3. The number of carbonyl (C=O) groups excluding carboxylic acids is 2. The molecule has 5 N–H and O–H groups in total. The Labute approximate surface area is 230 Å². The standard InChI is InChI=1S/C24H26Br2N4O7/c1-4-36-18-8-13(21-20(23(33)35-3)12(2)28-24(34)29-21)5-6-17(18)37-11-19(31)30-27-10-14-7-15(25)9-16(26)22(14)32/h5-10,19,21,30-32H,4,11H2,1-3H3,(H2,28,29,34)/b27-10-/t19-,21-/m0/s1. The van der Waals surface area contributed by atoms with Crippen LogP contribution in [0.5, 0.6) is 17.2 Å². The molecule has 3 rings (SSSR count). The number of carbonyl (C=O) groups is 2. The van der Waals surface area contributed by atoms with Gasteiger partial charge in [-0.2, -0.15) is 5.10 Å². The van der Waals surface area contributed by atoms with E-state index < -0.39 is 24.3 Å². The average molecular weight is 642 g/mol. The number of ether oxygens (including phenoxy) is 3. The summed E-state index contributed by atoms with van der Waals surface area (Å²) < 4.78 is 17.5. The lowest BCUT2D eigenvalue weighted by atomic mass is 9.95. The van der Waals surface area contributed by atoms with Crippen molar-refractivity contribution in [2.45, 2.75) is 26.1 Å². The van der Waals surface area contributed by atoms with Crippen molar-refractivity contribution in [2.75, 3.05) is 20.3 Å². The first-order valence-corrected chi connectivity index (χ1v) is 12.6. The number of nitrogens with one attached hydrogen (secondary N) is 3. The quantitative estimate of drug-likeness (QED) is 0.115. The van der Waals surface area contributed by atoms with E-state index in [1.165, 1.54) is 13.3 Å². The van der Waals surface area contributed by atoms with Gasteiger partial charge < -0.3 is 35.1 Å². The fourth-order valence-electron chi connectivity index (χ4n) is 3.50. The van der Waals surface area contributed by atoms with Crippen LogP contribution < -0.4 is 25.5 Å². The zero-order chi connectivity index (χ0) is 27.1. The number of phenols is 1. The molecule has 198 valence electrons. The second kappa shape index (κ2) is 12.8. The van der Waals surface area contributed by atoms with Crippen molar-refractivity contribution < 1.29 is 34.0 Å². The number of amides is 2. The molecule has 11 nitrogen and oxygen atoms in total. The van der Waals surface area contributed by atoms with Gasteiger partial charge in [0.2, 0.25) is 0 Å². The van der Waals surface area contributed by atoms with Crippen LogP contribution in [-0.4, -0.2) is 55.0 Å². The lowest BCUT2D eigenvalue weighted by Gasteiger charge is -2.28. The Balaban J connectivity index is 1.72. The predicted octanol–water partition coefficient (Wildman–Crippen LogP) is 3.44. The number of aliphatic hydroxyl groups is 1. The molecule has 1 aliphatic rings. The molecule has 37 heavy (non-hydrogen) atoms. The third kappa shape index (κ3) is 7.14. The highest BCUT2D eigenvalue weighted by molar-refractivity contribution is 9.11. The van der Waals surface area contributed by atoms with Gasteiger partial charge in [0.1, 0.15) is 12.4 Å². The Hall–Kier alpha value is -3.29. The highest BCUT2D eigenvalue weighted by atomic mass is 79.9. The zero-order valence-electron chi connectivity index (χ0n) is 20.2. The number of esters is 1. The van der Waals surface area contributed by atoms with E-state index in [0.717, 1.165) is 4.47 Å². The molecule has 0 bridgehead atoms. The van der Waals surface area contributed by atoms with Crippen LogP contribution in [0.4, 0.5) is 4.79 Å². The fourth-order valence-corrected chi connectivity index (χ4v) is 4.76. The molecule has 1 heterocycles. The summed E-state index contributed by atoms with van der Waals surface area (Å²) in [6, 6.07) is 7.09. The van der Waals surface area contributed by atoms with Crippen LogP contribution in [0.1, 0.15) is 31.0 Å². The van der Waals surface area contributed by atoms with Gasteiger partial charge in [0.05, 0.1) is 36.0 Å². The van der Waals surface area contributed by atoms with Gasteiger partial charge in [-0.3, -0.25) is 5.43 Å². The predicted molar refractivity (Wildman–Crippen MR) is 142 cm³/mol. The van der Waals surface area contributed by atoms with Crippen molar-refractivity contribution in [3.8, 4) is 17.2 Å². The van der Waals surface area contributed by atoms with Crippen molar-refractivity contribution >= 4 is 50.1 Å². The molecule has 0 saturated carbocycles. The molecular weight excluding hydrogens is 616 g/mol. The van der Waals surface area contributed by atoms with E-state index in [2.05, 4.69) is 53.0 Å². The van der Waals surface area contributed by atoms with Crippen molar-refractivity contribution in [1.82, 2.24) is 16.1 Å². The number of allylic oxidation sites excluding steroid dienone is 1. The molecule has 0 radical (unpaired) electrons. The molecule has 0 saturated heterocycles. The van der Waals surface area contributed by atoms with Crippen molar-refractivity contribution in [3.05, 3.63) is 61.7 Å². The Morgan fingerprint density at radius 2 is 2.00 bits per heavy atom. The third-order valence-corrected chi connectivity index (χ3v) is 6.22. The minimum absolute atomic E-state index is 0.00580. The van der Waals surface area contributed by atoms with E-state index in [1.54, 1.807) is 44.2 Å². The Bertz CT molecular complexity index is 1240. The van der Waals surface area contributed by atoms with Crippen LogP contribution in [-0.2, 0) is 9.53 Å². The average Bonchev–Trinajstić information content (AvgIpc) is 2.85. The molecule has 2 atom stereocenters. The van der Waals surface area contributed by atoms with E-state index in [-0.39, 0.29) is 17.9 Å². The second-order valence-corrected chi connectivity index (χ2v) is 9.51. The maximum Gasteiger partial charge on any atom is 0.337 e. The number of nitrogens with zero attached hydrogens (tertiary/aromatic N) is 1. The summed E-state index contributed by atoms with van der Waals surface area (Å²) in [6.07, 6.45) is 0.180. The number of hydrazone groups is 1. The van der Waals surface area contributed by atoms with E-state index in [0.29, 0.717) is 39.4 Å². The highest BCUT2D eigenvalue weighted by Crippen LogP contribution is 2.35. The maximum absolute atomic E-state index is 12.4. The normalized spacial score (nSPS) is 16.2. The molecular formula is C24H26Br2N4O7. The SMILES string of the molecule is CCOc1cc([C@@H]2NC(=O)NC(C)=C2C(=O)OC)ccc1OC[C@H](O)N/N=C\c1cc(Br)cc(Br)c1O. The van der Waals surface area contributed by atoms with Gasteiger partial charge in [-0.05, 0) is 59.6 Å². The van der Waals surface area contributed by atoms with Crippen LogP contribution in [0.15, 0.2) is 55.6 Å². The number of rotatable bonds is 10. The van der Waals surface area contributed by atoms with Crippen LogP contribution in [0.2, 0.25) is 0 Å². The van der Waals surface area contributed by atoms with Crippen molar-refractivity contribution in [2.24, 2.45) is 5.10 Å². The van der Waals surface area contributed by atoms with E-state index in [9.17, 15) is 19.8 Å². The monoisotopic (exact) mass is 640 g/mol. The number of hydrogen-bond donors (Lipinski definition) is 5. The van der Waals surface area contributed by atoms with Gasteiger partial charge >= 0.3 is 12.0 Å². The van der Waals surface area contributed by atoms with E-state index >= 15 is 0 Å². The second-order valence-electron chi connectivity index (χ2n) is 7.74. The van der Waals surface area contributed by atoms with E-state index in [1.807, 2.05) is 0 Å².